The van der Waals surface area contributed by atoms with Gasteiger partial charge in [0.1, 0.15) is 6.10 Å². The van der Waals surface area contributed by atoms with Crippen molar-refractivity contribution >= 4 is 0 Å². The fraction of sp³-hybridized carbons (Fsp3) is 0.714. The molecule has 0 radical (unpaired) electrons. The third-order valence-corrected chi connectivity index (χ3v) is 3.59. The number of nitrogens with zero attached hydrogens (tertiary/aromatic N) is 2. The summed E-state index contributed by atoms with van der Waals surface area (Å²) in [5.74, 6) is 0.758. The van der Waals surface area contributed by atoms with Crippen LogP contribution in [0.15, 0.2) is 6.20 Å². The molecule has 4 nitrogen and oxygen atoms in total. The molecule has 0 amide bonds. The lowest BCUT2D eigenvalue weighted by Gasteiger charge is -2.26. The number of hydrogen-bond acceptors (Lipinski definition) is 4. The van der Waals surface area contributed by atoms with Gasteiger partial charge in [-0.15, -0.1) is 0 Å². The fourth-order valence-corrected chi connectivity index (χ4v) is 2.53. The average molecular weight is 249 g/mol. The summed E-state index contributed by atoms with van der Waals surface area (Å²) in [4.78, 5) is 8.74. The quantitative estimate of drug-likeness (QED) is 0.890. The zero-order valence-corrected chi connectivity index (χ0v) is 11.6. The largest absolute Gasteiger partial charge is 0.460 e. The smallest absolute Gasteiger partial charge is 0.316 e. The standard InChI is InChI=1S/C14H23N3O/c1-10-5-4-6-13(7-10)18-14-16-9-12(8-15-3)11(2)17-14/h9-10,13,15H,4-8H2,1-3H3. The Morgan fingerprint density at radius 1 is 1.44 bits per heavy atom. The first-order valence-corrected chi connectivity index (χ1v) is 6.82. The summed E-state index contributed by atoms with van der Waals surface area (Å²) in [7, 11) is 1.92. The van der Waals surface area contributed by atoms with Crippen LogP contribution >= 0.6 is 0 Å². The van der Waals surface area contributed by atoms with Gasteiger partial charge in [-0.3, -0.25) is 0 Å². The molecular weight excluding hydrogens is 226 g/mol. The Hall–Kier alpha value is -1.16. The van der Waals surface area contributed by atoms with Crippen molar-refractivity contribution in [1.82, 2.24) is 15.3 Å². The van der Waals surface area contributed by atoms with E-state index in [4.69, 9.17) is 4.74 Å². The highest BCUT2D eigenvalue weighted by Gasteiger charge is 2.21. The van der Waals surface area contributed by atoms with Gasteiger partial charge >= 0.3 is 6.01 Å². The summed E-state index contributed by atoms with van der Waals surface area (Å²) < 4.78 is 5.90. The van der Waals surface area contributed by atoms with Crippen LogP contribution in [-0.2, 0) is 6.54 Å². The molecule has 2 unspecified atom stereocenters. The van der Waals surface area contributed by atoms with Crippen LogP contribution in [0, 0.1) is 12.8 Å². The summed E-state index contributed by atoms with van der Waals surface area (Å²) in [6.07, 6.45) is 6.98. The van der Waals surface area contributed by atoms with Gasteiger partial charge in [0.25, 0.3) is 0 Å². The Kier molecular flexibility index (Phi) is 4.53. The molecule has 2 rings (SSSR count). The predicted molar refractivity (Wildman–Crippen MR) is 71.6 cm³/mol. The number of rotatable bonds is 4. The van der Waals surface area contributed by atoms with E-state index in [0.29, 0.717) is 12.1 Å². The molecule has 1 aliphatic rings. The summed E-state index contributed by atoms with van der Waals surface area (Å²) in [6, 6.07) is 0.534. The summed E-state index contributed by atoms with van der Waals surface area (Å²) in [5.41, 5.74) is 2.13. The van der Waals surface area contributed by atoms with Crippen molar-refractivity contribution in [2.45, 2.75) is 52.2 Å². The van der Waals surface area contributed by atoms with Crippen LogP contribution in [-0.4, -0.2) is 23.1 Å². The van der Waals surface area contributed by atoms with Gasteiger partial charge < -0.3 is 10.1 Å². The maximum Gasteiger partial charge on any atom is 0.316 e. The summed E-state index contributed by atoms with van der Waals surface area (Å²) in [6.45, 7) is 5.09. The van der Waals surface area contributed by atoms with E-state index in [9.17, 15) is 0 Å². The highest BCUT2D eigenvalue weighted by molar-refractivity contribution is 5.17. The van der Waals surface area contributed by atoms with E-state index in [2.05, 4.69) is 22.2 Å². The second-order valence-corrected chi connectivity index (χ2v) is 5.31. The van der Waals surface area contributed by atoms with Gasteiger partial charge in [-0.1, -0.05) is 13.3 Å². The SMILES string of the molecule is CNCc1cnc(OC2CCCC(C)C2)nc1C. The number of hydrogen-bond donors (Lipinski definition) is 1. The first-order chi connectivity index (χ1) is 8.69. The predicted octanol–water partition coefficient (Wildman–Crippen LogP) is 2.46. The molecule has 100 valence electrons. The summed E-state index contributed by atoms with van der Waals surface area (Å²) >= 11 is 0. The molecule has 1 N–H and O–H groups in total. The Labute approximate surface area is 109 Å². The van der Waals surface area contributed by atoms with Crippen LogP contribution in [0.1, 0.15) is 43.9 Å². The van der Waals surface area contributed by atoms with Crippen molar-refractivity contribution in [3.8, 4) is 6.01 Å². The molecule has 0 saturated heterocycles. The van der Waals surface area contributed by atoms with Gasteiger partial charge in [-0.25, -0.2) is 9.97 Å². The van der Waals surface area contributed by atoms with Gasteiger partial charge in [-0.2, -0.15) is 0 Å². The van der Waals surface area contributed by atoms with E-state index in [1.54, 1.807) is 0 Å². The van der Waals surface area contributed by atoms with Crippen molar-refractivity contribution in [2.24, 2.45) is 5.92 Å². The van der Waals surface area contributed by atoms with E-state index in [-0.39, 0.29) is 0 Å². The van der Waals surface area contributed by atoms with E-state index in [1.165, 1.54) is 12.8 Å². The Balaban J connectivity index is 1.99. The van der Waals surface area contributed by atoms with Crippen molar-refractivity contribution in [1.29, 1.82) is 0 Å². The normalized spacial score (nSPS) is 23.9. The fourth-order valence-electron chi connectivity index (χ4n) is 2.53. The van der Waals surface area contributed by atoms with Crippen LogP contribution in [0.5, 0.6) is 6.01 Å². The zero-order chi connectivity index (χ0) is 13.0. The van der Waals surface area contributed by atoms with Crippen molar-refractivity contribution in [3.05, 3.63) is 17.5 Å². The second-order valence-electron chi connectivity index (χ2n) is 5.31. The molecular formula is C14H23N3O. The molecule has 0 spiro atoms. The maximum absolute atomic E-state index is 5.90. The minimum absolute atomic E-state index is 0.295. The average Bonchev–Trinajstić information content (AvgIpc) is 2.33. The summed E-state index contributed by atoms with van der Waals surface area (Å²) in [5, 5.41) is 3.11. The first kappa shape index (κ1) is 13.3. The van der Waals surface area contributed by atoms with Gasteiger partial charge in [0.05, 0.1) is 0 Å². The molecule has 0 aromatic carbocycles. The molecule has 1 aromatic heterocycles. The second kappa shape index (κ2) is 6.14. The number of ether oxygens (including phenoxy) is 1. The lowest BCUT2D eigenvalue weighted by Crippen LogP contribution is -2.25. The van der Waals surface area contributed by atoms with Crippen molar-refractivity contribution < 1.29 is 4.74 Å². The first-order valence-electron chi connectivity index (χ1n) is 6.82. The topological polar surface area (TPSA) is 47.0 Å². The molecule has 1 aromatic rings. The third-order valence-electron chi connectivity index (χ3n) is 3.59. The Morgan fingerprint density at radius 3 is 2.94 bits per heavy atom. The molecule has 1 heterocycles. The lowest BCUT2D eigenvalue weighted by atomic mass is 9.89. The van der Waals surface area contributed by atoms with Gasteiger partial charge in [-0.05, 0) is 39.2 Å². The van der Waals surface area contributed by atoms with Crippen LogP contribution in [0.25, 0.3) is 0 Å². The van der Waals surface area contributed by atoms with Crippen LogP contribution in [0.2, 0.25) is 0 Å². The minimum atomic E-state index is 0.295. The van der Waals surface area contributed by atoms with Crippen LogP contribution in [0.4, 0.5) is 0 Å². The Bertz CT molecular complexity index is 395. The van der Waals surface area contributed by atoms with Crippen molar-refractivity contribution in [2.75, 3.05) is 7.05 Å². The highest BCUT2D eigenvalue weighted by atomic mass is 16.5. The third kappa shape index (κ3) is 3.42. The van der Waals surface area contributed by atoms with Crippen LogP contribution in [0.3, 0.4) is 0 Å². The van der Waals surface area contributed by atoms with E-state index < -0.39 is 0 Å². The van der Waals surface area contributed by atoms with Gasteiger partial charge in [0.2, 0.25) is 0 Å². The van der Waals surface area contributed by atoms with Gasteiger partial charge in [0.15, 0.2) is 0 Å². The molecule has 1 saturated carbocycles. The monoisotopic (exact) mass is 249 g/mol. The van der Waals surface area contributed by atoms with Gasteiger partial charge in [0, 0.05) is 24.0 Å². The van der Waals surface area contributed by atoms with E-state index in [0.717, 1.165) is 36.6 Å². The number of aryl methyl sites for hydroxylation is 1. The highest BCUT2D eigenvalue weighted by Crippen LogP contribution is 2.26. The van der Waals surface area contributed by atoms with E-state index in [1.807, 2.05) is 20.2 Å². The number of nitrogens with one attached hydrogen (secondary N) is 1. The molecule has 0 aliphatic heterocycles. The molecule has 0 bridgehead atoms. The molecule has 1 aliphatic carbocycles. The van der Waals surface area contributed by atoms with Crippen LogP contribution < -0.4 is 10.1 Å². The number of aromatic nitrogens is 2. The maximum atomic E-state index is 5.90. The molecule has 4 heteroatoms. The molecule has 1 fully saturated rings. The molecule has 2 atom stereocenters. The Morgan fingerprint density at radius 2 is 2.28 bits per heavy atom. The van der Waals surface area contributed by atoms with E-state index >= 15 is 0 Å². The zero-order valence-electron chi connectivity index (χ0n) is 11.6. The minimum Gasteiger partial charge on any atom is -0.460 e. The lowest BCUT2D eigenvalue weighted by molar-refractivity contribution is 0.118. The van der Waals surface area contributed by atoms with Crippen molar-refractivity contribution in [3.63, 3.8) is 0 Å². The molecule has 18 heavy (non-hydrogen) atoms.